The van der Waals surface area contributed by atoms with E-state index in [1.165, 1.54) is 14.0 Å². The molecule has 0 aromatic rings. The lowest BCUT2D eigenvalue weighted by Gasteiger charge is -2.42. The molecule has 0 aromatic heterocycles. The molecule has 3 saturated heterocycles. The van der Waals surface area contributed by atoms with Crippen LogP contribution in [0, 0.1) is 17.3 Å². The number of carbonyl (C=O) groups excluding carboxylic acids is 1. The van der Waals surface area contributed by atoms with Crippen molar-refractivity contribution in [2.75, 3.05) is 146 Å². The topological polar surface area (TPSA) is 458 Å². The summed E-state index contributed by atoms with van der Waals surface area (Å²) >= 11 is 20.5. The molecule has 3 aliphatic heterocycles. The second-order valence-electron chi connectivity index (χ2n) is 22.0. The van der Waals surface area contributed by atoms with Crippen LogP contribution in [0.4, 0.5) is 0 Å². The first kappa shape index (κ1) is 87.0. The van der Waals surface area contributed by atoms with Crippen LogP contribution in [0.1, 0.15) is 78.6 Å². The summed E-state index contributed by atoms with van der Waals surface area (Å²) in [6.07, 6.45) is -10.9. The predicted octanol–water partition coefficient (Wildman–Crippen LogP) is -0.676. The van der Waals surface area contributed by atoms with E-state index in [4.69, 9.17) is 131 Å². The molecule has 3 heterocycles. The molecule has 3 aliphatic rings. The zero-order chi connectivity index (χ0) is 68.4. The first-order valence-corrected chi connectivity index (χ1v) is 40.6. The van der Waals surface area contributed by atoms with E-state index in [2.05, 4.69) is 5.32 Å². The van der Waals surface area contributed by atoms with Gasteiger partial charge in [-0.1, -0.05) is 13.8 Å². The molecule has 14 N–H and O–H groups in total. The fraction of sp³-hybridized carbons (Fsp3) is 0.980. The standard InChI is InChI=1S/C51H101NO32P4S4/c1-35-42(57)44(59)38(28-53)82-48(35)72-18-5-7-21-76-86(64,90)78-24-10-15-69-32-51(31-68-14-9-23-75-85(63,89)67-4,34-71-17-12-26-80-88(66,92)81-27-13-20-73-49-36(2)43(58)45(60)39(29-54)83-49)33-70-16-11-25-79-87(65,91)77-22-8-6-19-74-50-41(52-37(3)56)47(62)46(61)40(30-55)84-50/h35-36,38-50,53-55,57-62H,5-34H2,1-4H3,(H,52,56)(H,63,89)(H,64,90)(H,65,91)(H,66,92)/t35?,36?,38?,39?,40?,41?,42-,43-,44+,45+,46+,47-,48-,49-,50-,51?,85?,86?,87?,88?/m1/s1. The highest BCUT2D eigenvalue weighted by molar-refractivity contribution is 8.08. The van der Waals surface area contributed by atoms with Crippen molar-refractivity contribution in [2.24, 2.45) is 17.3 Å². The summed E-state index contributed by atoms with van der Waals surface area (Å²) < 4.78 is 102. The molecule has 0 aromatic carbocycles. The highest BCUT2D eigenvalue weighted by Crippen LogP contribution is 2.46. The molecular formula is C51H101NO32P4S4. The molecule has 1 amide bonds. The van der Waals surface area contributed by atoms with Crippen molar-refractivity contribution in [3.8, 4) is 0 Å². The number of rotatable bonds is 53. The third kappa shape index (κ3) is 34.0. The van der Waals surface area contributed by atoms with Crippen molar-refractivity contribution in [2.45, 2.75) is 158 Å². The summed E-state index contributed by atoms with van der Waals surface area (Å²) in [7, 11) is 1.24. The van der Waals surface area contributed by atoms with Crippen molar-refractivity contribution in [1.29, 1.82) is 0 Å². The van der Waals surface area contributed by atoms with Gasteiger partial charge in [0.15, 0.2) is 18.9 Å². The van der Waals surface area contributed by atoms with Gasteiger partial charge >= 0.3 is 26.9 Å². The van der Waals surface area contributed by atoms with E-state index < -0.39 is 150 Å². The molecule has 0 saturated carbocycles. The molecule has 3 fully saturated rings. The Kier molecular flexibility index (Phi) is 43.9. The van der Waals surface area contributed by atoms with Gasteiger partial charge in [0.05, 0.1) is 117 Å². The third-order valence-electron chi connectivity index (χ3n) is 14.2. The van der Waals surface area contributed by atoms with Gasteiger partial charge < -0.3 is 154 Å². The van der Waals surface area contributed by atoms with Crippen molar-refractivity contribution < 1.29 is 154 Å². The largest absolute Gasteiger partial charge is 0.394 e. The van der Waals surface area contributed by atoms with Crippen molar-refractivity contribution >= 4 is 80.0 Å². The number of nitrogens with one attached hydrogen (secondary N) is 1. The molecule has 0 bridgehead atoms. The molecule has 33 nitrogen and oxygen atoms in total. The molecule has 41 heteroatoms. The summed E-state index contributed by atoms with van der Waals surface area (Å²) in [5, 5.41) is 92.6. The minimum Gasteiger partial charge on any atom is -0.394 e. The van der Waals surface area contributed by atoms with Gasteiger partial charge in [-0.25, -0.2) is 0 Å². The van der Waals surface area contributed by atoms with E-state index in [1.54, 1.807) is 13.8 Å². The van der Waals surface area contributed by atoms with Crippen LogP contribution in [0.15, 0.2) is 0 Å². The Balaban J connectivity index is 1.55. The van der Waals surface area contributed by atoms with E-state index in [0.29, 0.717) is 32.1 Å². The van der Waals surface area contributed by atoms with E-state index in [0.717, 1.165) is 0 Å². The van der Waals surface area contributed by atoms with Crippen molar-refractivity contribution in [1.82, 2.24) is 5.32 Å². The summed E-state index contributed by atoms with van der Waals surface area (Å²) in [6.45, 7) is -10.9. The van der Waals surface area contributed by atoms with Gasteiger partial charge in [-0.2, -0.15) is 0 Å². The average Bonchev–Trinajstić information content (AvgIpc) is 0.862. The highest BCUT2D eigenvalue weighted by Gasteiger charge is 2.46. The number of unbranched alkanes of at least 4 members (excludes halogenated alkanes) is 2. The number of hydrogen-bond donors (Lipinski definition) is 14. The van der Waals surface area contributed by atoms with Crippen LogP contribution in [-0.2, 0) is 136 Å². The fourth-order valence-corrected chi connectivity index (χ4v) is 13.4. The number of aliphatic hydroxyl groups excluding tert-OH is 9. The maximum Gasteiger partial charge on any atom is 0.324 e. The quantitative estimate of drug-likeness (QED) is 0.0265. The highest BCUT2D eigenvalue weighted by atomic mass is 32.5. The van der Waals surface area contributed by atoms with Gasteiger partial charge in [-0.15, -0.1) is 0 Å². The van der Waals surface area contributed by atoms with Crippen LogP contribution in [0.5, 0.6) is 0 Å². The first-order valence-electron chi connectivity index (χ1n) is 30.3. The number of amides is 1. The number of carbonyl (C=O) groups is 1. The van der Waals surface area contributed by atoms with Gasteiger partial charge in [0.25, 0.3) is 0 Å². The lowest BCUT2D eigenvalue weighted by Crippen LogP contribution is -2.64. The van der Waals surface area contributed by atoms with E-state index >= 15 is 0 Å². The van der Waals surface area contributed by atoms with Crippen LogP contribution in [-0.4, -0.2) is 297 Å². The Morgan fingerprint density at radius 1 is 0.413 bits per heavy atom. The summed E-state index contributed by atoms with van der Waals surface area (Å²) in [5.74, 6) is -1.64. The van der Waals surface area contributed by atoms with Gasteiger partial charge in [-0.05, 0) is 105 Å². The van der Waals surface area contributed by atoms with E-state index in [1.807, 2.05) is 0 Å². The minimum atomic E-state index is -3.71. The van der Waals surface area contributed by atoms with Gasteiger partial charge in [0, 0.05) is 65.5 Å². The van der Waals surface area contributed by atoms with Crippen LogP contribution in [0.3, 0.4) is 0 Å². The van der Waals surface area contributed by atoms with Crippen LogP contribution in [0.25, 0.3) is 0 Å². The Labute approximate surface area is 558 Å². The monoisotopic (exact) mass is 1490 g/mol. The summed E-state index contributed by atoms with van der Waals surface area (Å²) in [5.41, 5.74) is -1.01. The summed E-state index contributed by atoms with van der Waals surface area (Å²) in [4.78, 5) is 54.0. The smallest absolute Gasteiger partial charge is 0.324 e. The molecule has 546 valence electrons. The Bertz CT molecular complexity index is 2200. The van der Waals surface area contributed by atoms with E-state index in [-0.39, 0.29) is 145 Å². The maximum atomic E-state index is 11.7. The molecular weight excluding hydrogens is 1390 g/mol. The fourth-order valence-electron chi connectivity index (χ4n) is 8.97. The summed E-state index contributed by atoms with van der Waals surface area (Å²) in [6, 6.07) is -1.10. The van der Waals surface area contributed by atoms with Crippen LogP contribution < -0.4 is 5.32 Å². The SMILES string of the molecule is COP(O)(=S)OCCCOCC(COCCCOP(O)(=S)OCCCCO[C@@H]1OC(CO)[C@H](O)[C@H](O)C1C)(COCCCOP(O)(=S)OCCCCO[C@@H]1OC(CO)[C@H](O)[C@H](O)C1NC(C)=O)COCCCOP(O)(=S)OCCCO[C@@H]1OC(CO)[C@H](O)[C@H](O)C1C. The molecule has 3 rings (SSSR count). The molecule has 20 atom stereocenters. The van der Waals surface area contributed by atoms with Gasteiger partial charge in [0.2, 0.25) is 5.91 Å². The van der Waals surface area contributed by atoms with Gasteiger partial charge in [-0.3, -0.25) is 4.79 Å². The third-order valence-corrected chi connectivity index (χ3v) is 20.9. The zero-order valence-electron chi connectivity index (χ0n) is 52.4. The minimum absolute atomic E-state index is 0.00479. The first-order chi connectivity index (χ1) is 43.6. The molecule has 92 heavy (non-hydrogen) atoms. The second kappa shape index (κ2) is 46.4. The zero-order valence-corrected chi connectivity index (χ0v) is 59.2. The lowest BCUT2D eigenvalue weighted by molar-refractivity contribution is -0.282. The average molecular weight is 1490 g/mol. The van der Waals surface area contributed by atoms with Gasteiger partial charge in [0.1, 0.15) is 48.8 Å². The Morgan fingerprint density at radius 2 is 0.685 bits per heavy atom. The Morgan fingerprint density at radius 3 is 1.01 bits per heavy atom. The second-order valence-corrected chi connectivity index (χ2v) is 33.4. The normalized spacial score (nSPS) is 30.4. The Hall–Kier alpha value is 0.830. The molecule has 11 unspecified atom stereocenters. The van der Waals surface area contributed by atoms with Crippen molar-refractivity contribution in [3.05, 3.63) is 0 Å². The van der Waals surface area contributed by atoms with Crippen LogP contribution in [0.2, 0.25) is 0 Å². The maximum absolute atomic E-state index is 11.7. The number of ether oxygens (including phenoxy) is 10. The molecule has 0 aliphatic carbocycles. The molecule has 0 radical (unpaired) electrons. The predicted molar refractivity (Wildman–Crippen MR) is 339 cm³/mol. The molecule has 0 spiro atoms. The number of hydrogen-bond acceptors (Lipinski definition) is 32. The van der Waals surface area contributed by atoms with E-state index in [9.17, 15) is 70.3 Å². The number of aliphatic hydroxyl groups is 9. The lowest BCUT2D eigenvalue weighted by atomic mass is 9.92. The van der Waals surface area contributed by atoms with Crippen molar-refractivity contribution in [3.63, 3.8) is 0 Å². The van der Waals surface area contributed by atoms with Crippen LogP contribution >= 0.6 is 26.9 Å².